The van der Waals surface area contributed by atoms with Crippen LogP contribution in [-0.2, 0) is 0 Å². The summed E-state index contributed by atoms with van der Waals surface area (Å²) in [5, 5.41) is 2.59. The maximum Gasteiger partial charge on any atom is 0.392 e. The van der Waals surface area contributed by atoms with Crippen molar-refractivity contribution in [1.29, 1.82) is 0 Å². The molecule has 0 unspecified atom stereocenters. The van der Waals surface area contributed by atoms with Crippen LogP contribution < -0.4 is 15.1 Å². The first-order chi connectivity index (χ1) is 15.2. The van der Waals surface area contributed by atoms with E-state index in [-0.39, 0.29) is 29.8 Å². The molecule has 0 aliphatic carbocycles. The van der Waals surface area contributed by atoms with Gasteiger partial charge in [0.15, 0.2) is 11.6 Å². The number of pyridine rings is 2. The summed E-state index contributed by atoms with van der Waals surface area (Å²) in [5.74, 6) is -2.68. The average Bonchev–Trinajstić information content (AvgIpc) is 3.16. The smallest absolute Gasteiger partial charge is 0.366 e. The fourth-order valence-electron chi connectivity index (χ4n) is 4.07. The molecule has 0 spiro atoms. The van der Waals surface area contributed by atoms with E-state index in [1.54, 1.807) is 6.07 Å². The van der Waals surface area contributed by atoms with Gasteiger partial charge in [0, 0.05) is 19.5 Å². The van der Waals surface area contributed by atoms with Gasteiger partial charge in [-0.05, 0) is 37.1 Å². The fraction of sp³-hybridized carbons (Fsp3) is 0.429. The summed E-state index contributed by atoms with van der Waals surface area (Å²) in [4.78, 5) is 37.2. The number of carbonyl (C=O) groups excluding carboxylic acids is 2. The van der Waals surface area contributed by atoms with Crippen LogP contribution in [0.25, 0.3) is 0 Å². The number of hydrogen-bond acceptors (Lipinski definition) is 5. The molecule has 2 amide bonds. The van der Waals surface area contributed by atoms with Gasteiger partial charge in [-0.3, -0.25) is 15.0 Å². The van der Waals surface area contributed by atoms with Gasteiger partial charge >= 0.3 is 12.2 Å². The molecule has 2 atom stereocenters. The molecule has 1 fully saturated rings. The lowest BCUT2D eigenvalue weighted by atomic mass is 9.97. The molecular weight excluding hydrogens is 430 g/mol. The summed E-state index contributed by atoms with van der Waals surface area (Å²) in [7, 11) is 0. The third-order valence-electron chi connectivity index (χ3n) is 5.81. The predicted molar refractivity (Wildman–Crippen MR) is 109 cm³/mol. The van der Waals surface area contributed by atoms with Crippen molar-refractivity contribution in [3.63, 3.8) is 0 Å². The summed E-state index contributed by atoms with van der Waals surface area (Å²) in [6.07, 6.45) is -3.76. The minimum Gasteiger partial charge on any atom is -0.366 e. The monoisotopic (exact) mass is 451 g/mol. The van der Waals surface area contributed by atoms with Gasteiger partial charge in [-0.25, -0.2) is 19.2 Å². The summed E-state index contributed by atoms with van der Waals surface area (Å²) in [6.45, 7) is 2.63. The highest BCUT2D eigenvalue weighted by Gasteiger charge is 2.42. The van der Waals surface area contributed by atoms with Crippen molar-refractivity contribution >= 4 is 29.1 Å². The Morgan fingerprint density at radius 2 is 2.03 bits per heavy atom. The van der Waals surface area contributed by atoms with Crippen molar-refractivity contribution in [2.45, 2.75) is 38.4 Å². The Morgan fingerprint density at radius 3 is 2.69 bits per heavy atom. The minimum atomic E-state index is -4.47. The molecule has 2 bridgehead atoms. The molecule has 1 N–H and O–H groups in total. The van der Waals surface area contributed by atoms with Crippen LogP contribution in [0, 0.1) is 11.7 Å². The quantitative estimate of drug-likeness (QED) is 0.538. The predicted octanol–water partition coefficient (Wildman–Crippen LogP) is 4.41. The van der Waals surface area contributed by atoms with Gasteiger partial charge in [-0.2, -0.15) is 13.2 Å². The Morgan fingerprint density at radius 1 is 1.25 bits per heavy atom. The SMILES string of the molecule is CC[C@@H](CC(=O)c1ccc2c(n1)N(C(=O)Nc1ccc(F)cn1)[C@H]1CCN2C1)C(F)(F)F. The number of urea groups is 1. The number of aromatic nitrogens is 2. The van der Waals surface area contributed by atoms with Crippen molar-refractivity contribution in [1.82, 2.24) is 9.97 Å². The maximum absolute atomic E-state index is 13.1. The van der Waals surface area contributed by atoms with Crippen LogP contribution in [0.4, 0.5) is 39.7 Å². The van der Waals surface area contributed by atoms with Gasteiger partial charge in [0.05, 0.1) is 23.8 Å². The number of halogens is 4. The Balaban J connectivity index is 1.62. The zero-order valence-electron chi connectivity index (χ0n) is 17.2. The van der Waals surface area contributed by atoms with Crippen molar-refractivity contribution in [2.75, 3.05) is 28.2 Å². The number of rotatable bonds is 5. The fourth-order valence-corrected chi connectivity index (χ4v) is 4.07. The Hall–Kier alpha value is -3.24. The number of alkyl halides is 3. The summed E-state index contributed by atoms with van der Waals surface area (Å²) < 4.78 is 52.4. The van der Waals surface area contributed by atoms with Gasteiger partial charge in [0.25, 0.3) is 0 Å². The molecule has 0 saturated carbocycles. The second kappa shape index (κ2) is 8.36. The number of hydrogen-bond donors (Lipinski definition) is 1. The summed E-state index contributed by atoms with van der Waals surface area (Å²) >= 11 is 0. The highest BCUT2D eigenvalue weighted by molar-refractivity contribution is 6.05. The molecule has 2 aliphatic rings. The van der Waals surface area contributed by atoms with Crippen LogP contribution in [0.5, 0.6) is 0 Å². The van der Waals surface area contributed by atoms with Gasteiger partial charge in [0.2, 0.25) is 0 Å². The third kappa shape index (κ3) is 4.23. The van der Waals surface area contributed by atoms with Crippen LogP contribution >= 0.6 is 0 Å². The van der Waals surface area contributed by atoms with Gasteiger partial charge in [-0.1, -0.05) is 6.92 Å². The molecule has 4 rings (SSSR count). The van der Waals surface area contributed by atoms with E-state index in [2.05, 4.69) is 15.3 Å². The summed E-state index contributed by atoms with van der Waals surface area (Å²) in [6, 6.07) is 4.70. The molecular formula is C21H21F4N5O2. The normalized spacial score (nSPS) is 18.3. The van der Waals surface area contributed by atoms with E-state index in [1.807, 2.05) is 4.90 Å². The Labute approximate surface area is 181 Å². The van der Waals surface area contributed by atoms with Crippen LogP contribution in [0.15, 0.2) is 30.5 Å². The lowest BCUT2D eigenvalue weighted by molar-refractivity contribution is -0.174. The highest BCUT2D eigenvalue weighted by Crippen LogP contribution is 2.39. The van der Waals surface area contributed by atoms with Crippen LogP contribution in [0.1, 0.15) is 36.7 Å². The number of ketones is 1. The van der Waals surface area contributed by atoms with Gasteiger partial charge in [0.1, 0.15) is 17.3 Å². The van der Waals surface area contributed by atoms with E-state index in [9.17, 15) is 27.2 Å². The number of amides is 2. The minimum absolute atomic E-state index is 0.119. The van der Waals surface area contributed by atoms with E-state index in [0.29, 0.717) is 25.2 Å². The molecule has 1 saturated heterocycles. The topological polar surface area (TPSA) is 78.4 Å². The lowest BCUT2D eigenvalue weighted by Gasteiger charge is -2.35. The largest absolute Gasteiger partial charge is 0.392 e. The van der Waals surface area contributed by atoms with Crippen molar-refractivity contribution in [2.24, 2.45) is 5.92 Å². The Kier molecular flexibility index (Phi) is 5.74. The van der Waals surface area contributed by atoms with Gasteiger partial charge < -0.3 is 4.90 Å². The first kappa shape index (κ1) is 22.0. The first-order valence-corrected chi connectivity index (χ1v) is 10.2. The van der Waals surface area contributed by atoms with Crippen LogP contribution in [0.3, 0.4) is 0 Å². The molecule has 32 heavy (non-hydrogen) atoms. The standard InChI is InChI=1S/C21H21F4N5O2/c1-2-12(21(23,24)25)9-17(31)15-4-5-16-19(27-15)30(14-7-8-29(16)11-14)20(32)28-18-6-3-13(22)10-26-18/h3-6,10,12,14H,2,7-9,11H2,1H3,(H,26,28,32)/t12-,14-/m0/s1. The van der Waals surface area contributed by atoms with Crippen molar-refractivity contribution < 1.29 is 27.2 Å². The average molecular weight is 451 g/mol. The van der Waals surface area contributed by atoms with E-state index < -0.39 is 36.1 Å². The molecule has 2 aromatic heterocycles. The molecule has 7 nitrogen and oxygen atoms in total. The number of carbonyl (C=O) groups is 2. The van der Waals surface area contributed by atoms with Crippen molar-refractivity contribution in [3.8, 4) is 0 Å². The third-order valence-corrected chi connectivity index (χ3v) is 5.81. The molecule has 0 radical (unpaired) electrons. The number of nitrogens with one attached hydrogen (secondary N) is 1. The molecule has 4 heterocycles. The van der Waals surface area contributed by atoms with E-state index in [1.165, 1.54) is 24.0 Å². The summed E-state index contributed by atoms with van der Waals surface area (Å²) in [5.41, 5.74) is 0.507. The molecule has 2 aliphatic heterocycles. The number of fused-ring (bicyclic) bond motifs is 4. The van der Waals surface area contributed by atoms with Crippen molar-refractivity contribution in [3.05, 3.63) is 42.0 Å². The van der Waals surface area contributed by atoms with Crippen LogP contribution in [0.2, 0.25) is 0 Å². The van der Waals surface area contributed by atoms with E-state index in [4.69, 9.17) is 0 Å². The number of nitrogens with zero attached hydrogens (tertiary/aromatic N) is 4. The molecule has 11 heteroatoms. The second-order valence-electron chi connectivity index (χ2n) is 7.86. The van der Waals surface area contributed by atoms with Crippen LogP contribution in [-0.4, -0.2) is 47.1 Å². The zero-order valence-corrected chi connectivity index (χ0v) is 17.2. The Bertz CT molecular complexity index is 1030. The highest BCUT2D eigenvalue weighted by atomic mass is 19.4. The number of anilines is 3. The first-order valence-electron chi connectivity index (χ1n) is 10.2. The lowest BCUT2D eigenvalue weighted by Crippen LogP contribution is -2.48. The van der Waals surface area contributed by atoms with E-state index >= 15 is 0 Å². The molecule has 2 aromatic rings. The maximum atomic E-state index is 13.1. The molecule has 0 aromatic carbocycles. The zero-order chi connectivity index (χ0) is 23.0. The molecule has 170 valence electrons. The number of Topliss-reactive ketones (excluding diaryl/α,β-unsaturated/α-hetero) is 1. The second-order valence-corrected chi connectivity index (χ2v) is 7.86. The van der Waals surface area contributed by atoms with E-state index in [0.717, 1.165) is 12.3 Å². The van der Waals surface area contributed by atoms with Gasteiger partial charge in [-0.15, -0.1) is 0 Å².